The first kappa shape index (κ1) is 13.0. The van der Waals surface area contributed by atoms with E-state index >= 15 is 0 Å². The van der Waals surface area contributed by atoms with Gasteiger partial charge in [-0.2, -0.15) is 0 Å². The zero-order chi connectivity index (χ0) is 14.3. The number of carbonyl (C=O) groups is 2. The first-order chi connectivity index (χ1) is 9.54. The Morgan fingerprint density at radius 1 is 1.45 bits per heavy atom. The van der Waals surface area contributed by atoms with Gasteiger partial charge in [-0.05, 0) is 6.07 Å². The van der Waals surface area contributed by atoms with Crippen molar-refractivity contribution >= 4 is 23.5 Å². The van der Waals surface area contributed by atoms with Gasteiger partial charge < -0.3 is 10.1 Å². The van der Waals surface area contributed by atoms with Crippen LogP contribution >= 0.6 is 11.6 Å². The summed E-state index contributed by atoms with van der Waals surface area (Å²) in [5, 5.41) is 3.03. The number of fused-ring (bicyclic) bond motifs is 2. The first-order valence-electron chi connectivity index (χ1n) is 6.24. The number of nitrogens with zero attached hydrogens (tertiary/aromatic N) is 1. The van der Waals surface area contributed by atoms with Crippen molar-refractivity contribution in [1.82, 2.24) is 10.2 Å². The Morgan fingerprint density at radius 2 is 2.20 bits per heavy atom. The smallest absolute Gasteiger partial charge is 0.325 e. The van der Waals surface area contributed by atoms with E-state index in [2.05, 4.69) is 11.9 Å². The van der Waals surface area contributed by atoms with Gasteiger partial charge >= 0.3 is 6.03 Å². The third-order valence-corrected chi connectivity index (χ3v) is 3.71. The van der Waals surface area contributed by atoms with E-state index in [-0.39, 0.29) is 17.5 Å². The highest BCUT2D eigenvalue weighted by molar-refractivity contribution is 6.30. The Kier molecular flexibility index (Phi) is 2.94. The topological polar surface area (TPSA) is 58.6 Å². The summed E-state index contributed by atoms with van der Waals surface area (Å²) in [6.45, 7) is 3.92. The molecule has 104 valence electrons. The van der Waals surface area contributed by atoms with E-state index in [1.165, 1.54) is 0 Å². The molecule has 1 spiro atoms. The van der Waals surface area contributed by atoms with Crippen molar-refractivity contribution in [2.75, 3.05) is 13.2 Å². The molecule has 3 rings (SSSR count). The molecule has 1 saturated heterocycles. The monoisotopic (exact) mass is 292 g/mol. The van der Waals surface area contributed by atoms with Crippen LogP contribution < -0.4 is 10.1 Å². The fraction of sp³-hybridized carbons (Fsp3) is 0.286. The zero-order valence-electron chi connectivity index (χ0n) is 10.7. The van der Waals surface area contributed by atoms with Crippen molar-refractivity contribution in [2.24, 2.45) is 0 Å². The van der Waals surface area contributed by atoms with E-state index < -0.39 is 11.6 Å². The van der Waals surface area contributed by atoms with Crippen molar-refractivity contribution in [3.05, 3.63) is 41.4 Å². The van der Waals surface area contributed by atoms with Crippen LogP contribution in [-0.4, -0.2) is 30.0 Å². The number of amides is 3. The van der Waals surface area contributed by atoms with Crippen LogP contribution in [0, 0.1) is 0 Å². The molecule has 2 aliphatic rings. The van der Waals surface area contributed by atoms with Gasteiger partial charge in [-0.25, -0.2) is 4.79 Å². The maximum Gasteiger partial charge on any atom is 0.325 e. The summed E-state index contributed by atoms with van der Waals surface area (Å²) in [5.74, 6) is 0.319. The molecule has 1 aromatic carbocycles. The normalized spacial score (nSPS) is 24.4. The number of hydrogen-bond donors (Lipinski definition) is 1. The predicted octanol–water partition coefficient (Wildman–Crippen LogP) is 1.97. The lowest BCUT2D eigenvalue weighted by molar-refractivity contribution is -0.132. The van der Waals surface area contributed by atoms with Crippen LogP contribution in [0.5, 0.6) is 5.75 Å². The third-order valence-electron chi connectivity index (χ3n) is 3.59. The highest BCUT2D eigenvalue weighted by Gasteiger charge is 2.54. The molecular formula is C14H13ClN2O3. The van der Waals surface area contributed by atoms with Crippen molar-refractivity contribution in [1.29, 1.82) is 0 Å². The standard InChI is InChI=1S/C14H13ClN2O3/c1-9(15)8-17-12(18)14(16-13(17)19)6-7-20-11-5-3-2-4-10(11)14/h2-5H,1,6-8H2,(H,16,19). The van der Waals surface area contributed by atoms with Crippen LogP contribution in [0.1, 0.15) is 12.0 Å². The Labute approximate surface area is 121 Å². The van der Waals surface area contributed by atoms with E-state index in [1.54, 1.807) is 12.1 Å². The average Bonchev–Trinajstić information content (AvgIpc) is 2.64. The van der Waals surface area contributed by atoms with Gasteiger partial charge in [0.2, 0.25) is 0 Å². The van der Waals surface area contributed by atoms with Crippen molar-refractivity contribution in [3.63, 3.8) is 0 Å². The van der Waals surface area contributed by atoms with Gasteiger partial charge in [0.25, 0.3) is 5.91 Å². The number of imide groups is 1. The highest BCUT2D eigenvalue weighted by atomic mass is 35.5. The van der Waals surface area contributed by atoms with E-state index in [0.29, 0.717) is 24.3 Å². The van der Waals surface area contributed by atoms with E-state index in [0.717, 1.165) is 4.90 Å². The van der Waals surface area contributed by atoms with Crippen LogP contribution in [0.3, 0.4) is 0 Å². The van der Waals surface area contributed by atoms with Crippen molar-refractivity contribution in [3.8, 4) is 5.75 Å². The molecule has 2 aliphatic heterocycles. The van der Waals surface area contributed by atoms with E-state index in [1.807, 2.05) is 12.1 Å². The zero-order valence-corrected chi connectivity index (χ0v) is 11.4. The minimum atomic E-state index is -1.04. The molecule has 0 saturated carbocycles. The largest absolute Gasteiger partial charge is 0.493 e. The third kappa shape index (κ3) is 1.78. The molecule has 0 radical (unpaired) electrons. The molecule has 1 aromatic rings. The molecule has 1 fully saturated rings. The summed E-state index contributed by atoms with van der Waals surface area (Å²) in [7, 11) is 0. The molecular weight excluding hydrogens is 280 g/mol. The molecule has 0 aromatic heterocycles. The molecule has 5 nitrogen and oxygen atoms in total. The lowest BCUT2D eigenvalue weighted by atomic mass is 9.84. The summed E-state index contributed by atoms with van der Waals surface area (Å²) in [6.07, 6.45) is 0.403. The van der Waals surface area contributed by atoms with Gasteiger partial charge in [0.05, 0.1) is 13.2 Å². The number of urea groups is 1. The van der Waals surface area contributed by atoms with Gasteiger partial charge in [-0.15, -0.1) is 0 Å². The minimum absolute atomic E-state index is 0.0109. The summed E-state index contributed by atoms with van der Waals surface area (Å²) in [4.78, 5) is 25.8. The molecule has 1 N–H and O–H groups in total. The second-order valence-corrected chi connectivity index (χ2v) is 5.37. The summed E-state index contributed by atoms with van der Waals surface area (Å²) in [5.41, 5.74) is -0.356. The summed E-state index contributed by atoms with van der Waals surface area (Å²) in [6, 6.07) is 6.79. The number of rotatable bonds is 2. The van der Waals surface area contributed by atoms with Gasteiger partial charge in [0, 0.05) is 17.0 Å². The average molecular weight is 293 g/mol. The quantitative estimate of drug-likeness (QED) is 0.848. The summed E-state index contributed by atoms with van der Waals surface area (Å²) >= 11 is 5.72. The maximum atomic E-state index is 12.7. The first-order valence-corrected chi connectivity index (χ1v) is 6.62. The molecule has 1 atom stereocenters. The van der Waals surface area contributed by atoms with Crippen LogP contribution in [-0.2, 0) is 10.3 Å². The van der Waals surface area contributed by atoms with Crippen molar-refractivity contribution < 1.29 is 14.3 Å². The highest BCUT2D eigenvalue weighted by Crippen LogP contribution is 2.41. The number of para-hydroxylation sites is 1. The van der Waals surface area contributed by atoms with Gasteiger partial charge in [-0.1, -0.05) is 36.4 Å². The summed E-state index contributed by atoms with van der Waals surface area (Å²) < 4.78 is 5.54. The Bertz CT molecular complexity index is 616. The van der Waals surface area contributed by atoms with Crippen LogP contribution in [0.25, 0.3) is 0 Å². The van der Waals surface area contributed by atoms with Gasteiger partial charge in [-0.3, -0.25) is 9.69 Å². The molecule has 2 heterocycles. The molecule has 20 heavy (non-hydrogen) atoms. The Morgan fingerprint density at radius 3 is 2.95 bits per heavy atom. The molecule has 1 unspecified atom stereocenters. The number of carbonyl (C=O) groups excluding carboxylic acids is 2. The van der Waals surface area contributed by atoms with Gasteiger partial charge in [0.15, 0.2) is 5.54 Å². The lowest BCUT2D eigenvalue weighted by Crippen LogP contribution is -2.47. The lowest BCUT2D eigenvalue weighted by Gasteiger charge is -2.33. The van der Waals surface area contributed by atoms with Crippen molar-refractivity contribution in [2.45, 2.75) is 12.0 Å². The van der Waals surface area contributed by atoms with E-state index in [9.17, 15) is 9.59 Å². The second kappa shape index (κ2) is 4.52. The number of hydrogen-bond acceptors (Lipinski definition) is 3. The number of ether oxygens (including phenoxy) is 1. The molecule has 3 amide bonds. The van der Waals surface area contributed by atoms with Gasteiger partial charge in [0.1, 0.15) is 5.75 Å². The number of benzene rings is 1. The SMILES string of the molecule is C=C(Cl)CN1C(=O)NC2(CCOc3ccccc32)C1=O. The molecule has 0 aliphatic carbocycles. The Balaban J connectivity index is 2.05. The van der Waals surface area contributed by atoms with Crippen LogP contribution in [0.2, 0.25) is 0 Å². The number of halogens is 1. The molecule has 6 heteroatoms. The van der Waals surface area contributed by atoms with Crippen LogP contribution in [0.4, 0.5) is 4.79 Å². The van der Waals surface area contributed by atoms with Crippen LogP contribution in [0.15, 0.2) is 35.9 Å². The minimum Gasteiger partial charge on any atom is -0.493 e. The Hall–Kier alpha value is -2.01. The maximum absolute atomic E-state index is 12.7. The fourth-order valence-electron chi connectivity index (χ4n) is 2.69. The predicted molar refractivity (Wildman–Crippen MR) is 73.5 cm³/mol. The number of nitrogens with one attached hydrogen (secondary N) is 1. The second-order valence-electron chi connectivity index (χ2n) is 4.84. The molecule has 0 bridgehead atoms. The van der Waals surface area contributed by atoms with E-state index in [4.69, 9.17) is 16.3 Å². The fourth-order valence-corrected chi connectivity index (χ4v) is 2.81.